The molecule has 1 aromatic rings. The molecular weight excluding hydrogens is 252 g/mol. The fourth-order valence-corrected chi connectivity index (χ4v) is 2.79. The number of benzene rings is 1. The third-order valence-corrected chi connectivity index (χ3v) is 3.88. The standard InChI is InChI=1S/C14H21F2NS/c1-4-17-14(10(2)9-18-3)8-11-5-6-12(15)13(16)7-11/h5-7,10,14,17H,4,8-9H2,1-3H3. The minimum Gasteiger partial charge on any atom is -0.314 e. The molecule has 0 saturated carbocycles. The number of likely N-dealkylation sites (N-methyl/N-ethyl adjacent to an activating group) is 1. The summed E-state index contributed by atoms with van der Waals surface area (Å²) in [6, 6.07) is 4.46. The van der Waals surface area contributed by atoms with Crippen LogP contribution < -0.4 is 5.32 Å². The molecule has 0 fully saturated rings. The second-order valence-corrected chi connectivity index (χ2v) is 5.46. The van der Waals surface area contributed by atoms with Crippen LogP contribution in [-0.2, 0) is 6.42 Å². The van der Waals surface area contributed by atoms with Crippen LogP contribution in [-0.4, -0.2) is 24.6 Å². The van der Waals surface area contributed by atoms with Crippen molar-refractivity contribution in [1.82, 2.24) is 5.32 Å². The van der Waals surface area contributed by atoms with Crippen LogP contribution >= 0.6 is 11.8 Å². The van der Waals surface area contributed by atoms with Gasteiger partial charge in [-0.1, -0.05) is 19.9 Å². The largest absolute Gasteiger partial charge is 0.314 e. The Bertz CT molecular complexity index is 371. The highest BCUT2D eigenvalue weighted by molar-refractivity contribution is 7.98. The molecule has 0 radical (unpaired) electrons. The van der Waals surface area contributed by atoms with Crippen LogP contribution in [0.1, 0.15) is 19.4 Å². The van der Waals surface area contributed by atoms with Crippen LogP contribution in [0, 0.1) is 17.6 Å². The summed E-state index contributed by atoms with van der Waals surface area (Å²) in [6.45, 7) is 5.13. The Morgan fingerprint density at radius 1 is 1.28 bits per heavy atom. The van der Waals surface area contributed by atoms with Crippen LogP contribution in [0.4, 0.5) is 8.78 Å². The van der Waals surface area contributed by atoms with Crippen LogP contribution in [0.2, 0.25) is 0 Å². The Balaban J connectivity index is 2.72. The average molecular weight is 273 g/mol. The molecule has 0 aliphatic rings. The number of hydrogen-bond acceptors (Lipinski definition) is 2. The number of thioether (sulfide) groups is 1. The van der Waals surface area contributed by atoms with Crippen molar-refractivity contribution in [3.63, 3.8) is 0 Å². The fourth-order valence-electron chi connectivity index (χ4n) is 2.04. The van der Waals surface area contributed by atoms with Gasteiger partial charge in [-0.15, -0.1) is 0 Å². The van der Waals surface area contributed by atoms with E-state index in [0.29, 0.717) is 12.0 Å². The van der Waals surface area contributed by atoms with Crippen molar-refractivity contribution < 1.29 is 8.78 Å². The van der Waals surface area contributed by atoms with Gasteiger partial charge in [0.1, 0.15) is 0 Å². The summed E-state index contributed by atoms with van der Waals surface area (Å²) in [6.07, 6.45) is 2.81. The molecule has 2 atom stereocenters. The van der Waals surface area contributed by atoms with Crippen LogP contribution in [0.15, 0.2) is 18.2 Å². The van der Waals surface area contributed by atoms with E-state index in [1.807, 2.05) is 0 Å². The van der Waals surface area contributed by atoms with Crippen molar-refractivity contribution in [2.24, 2.45) is 5.92 Å². The molecule has 0 amide bonds. The van der Waals surface area contributed by atoms with Crippen molar-refractivity contribution >= 4 is 11.8 Å². The zero-order valence-corrected chi connectivity index (χ0v) is 12.0. The monoisotopic (exact) mass is 273 g/mol. The average Bonchev–Trinajstić information content (AvgIpc) is 2.33. The summed E-state index contributed by atoms with van der Waals surface area (Å²) in [7, 11) is 0. The molecule has 0 heterocycles. The predicted octanol–water partition coefficient (Wildman–Crippen LogP) is 3.48. The Morgan fingerprint density at radius 2 is 2.00 bits per heavy atom. The minimum atomic E-state index is -0.782. The summed E-state index contributed by atoms with van der Waals surface area (Å²) in [5.74, 6) is 0.00526. The van der Waals surface area contributed by atoms with Gasteiger partial charge in [0, 0.05) is 6.04 Å². The molecule has 0 bridgehead atoms. The van der Waals surface area contributed by atoms with Gasteiger partial charge in [0.25, 0.3) is 0 Å². The number of nitrogens with one attached hydrogen (secondary N) is 1. The highest BCUT2D eigenvalue weighted by Gasteiger charge is 2.17. The molecule has 0 aliphatic carbocycles. The van der Waals surface area contributed by atoms with Crippen molar-refractivity contribution in [3.8, 4) is 0 Å². The lowest BCUT2D eigenvalue weighted by Crippen LogP contribution is -2.37. The smallest absolute Gasteiger partial charge is 0.159 e. The summed E-state index contributed by atoms with van der Waals surface area (Å²) < 4.78 is 26.0. The second-order valence-electron chi connectivity index (χ2n) is 4.55. The molecule has 0 spiro atoms. The summed E-state index contributed by atoms with van der Waals surface area (Å²) >= 11 is 1.81. The van der Waals surface area contributed by atoms with Crippen molar-refractivity contribution in [3.05, 3.63) is 35.4 Å². The first-order valence-electron chi connectivity index (χ1n) is 6.24. The summed E-state index contributed by atoms with van der Waals surface area (Å²) in [4.78, 5) is 0. The Kier molecular flexibility index (Phi) is 6.65. The first kappa shape index (κ1) is 15.4. The first-order chi connectivity index (χ1) is 8.58. The maximum absolute atomic E-state index is 13.2. The Morgan fingerprint density at radius 3 is 2.56 bits per heavy atom. The van der Waals surface area contributed by atoms with Crippen LogP contribution in [0.25, 0.3) is 0 Å². The molecule has 1 rings (SSSR count). The first-order valence-corrected chi connectivity index (χ1v) is 7.64. The van der Waals surface area contributed by atoms with E-state index in [1.54, 1.807) is 17.8 Å². The molecular formula is C14H21F2NS. The van der Waals surface area contributed by atoms with E-state index in [4.69, 9.17) is 0 Å². The van der Waals surface area contributed by atoms with Gasteiger partial charge >= 0.3 is 0 Å². The molecule has 2 unspecified atom stereocenters. The lowest BCUT2D eigenvalue weighted by molar-refractivity contribution is 0.409. The molecule has 0 aliphatic heterocycles. The van der Waals surface area contributed by atoms with E-state index in [9.17, 15) is 8.78 Å². The zero-order valence-electron chi connectivity index (χ0n) is 11.2. The second kappa shape index (κ2) is 7.74. The van der Waals surface area contributed by atoms with Gasteiger partial charge in [-0.05, 0) is 48.6 Å². The van der Waals surface area contributed by atoms with Crippen molar-refractivity contribution in [2.45, 2.75) is 26.3 Å². The molecule has 0 aromatic heterocycles. The summed E-state index contributed by atoms with van der Waals surface area (Å²) in [5.41, 5.74) is 0.841. The van der Waals surface area contributed by atoms with Gasteiger partial charge in [0.2, 0.25) is 0 Å². The minimum absolute atomic E-state index is 0.298. The van der Waals surface area contributed by atoms with E-state index >= 15 is 0 Å². The Labute approximate surface area is 112 Å². The van der Waals surface area contributed by atoms with Gasteiger partial charge in [0.15, 0.2) is 11.6 Å². The highest BCUT2D eigenvalue weighted by Crippen LogP contribution is 2.16. The van der Waals surface area contributed by atoms with Gasteiger partial charge in [0.05, 0.1) is 0 Å². The van der Waals surface area contributed by atoms with Gasteiger partial charge in [-0.2, -0.15) is 11.8 Å². The fraction of sp³-hybridized carbons (Fsp3) is 0.571. The number of rotatable bonds is 7. The lowest BCUT2D eigenvalue weighted by atomic mass is 9.96. The Hall–Kier alpha value is -0.610. The highest BCUT2D eigenvalue weighted by atomic mass is 32.2. The van der Waals surface area contributed by atoms with Gasteiger partial charge < -0.3 is 5.32 Å². The maximum Gasteiger partial charge on any atom is 0.159 e. The predicted molar refractivity (Wildman–Crippen MR) is 75.1 cm³/mol. The zero-order chi connectivity index (χ0) is 13.5. The van der Waals surface area contributed by atoms with Crippen molar-refractivity contribution in [1.29, 1.82) is 0 Å². The SMILES string of the molecule is CCNC(Cc1ccc(F)c(F)c1)C(C)CSC. The van der Waals surface area contributed by atoms with Crippen LogP contribution in [0.5, 0.6) is 0 Å². The maximum atomic E-state index is 13.2. The summed E-state index contributed by atoms with van der Waals surface area (Å²) in [5, 5.41) is 3.42. The number of halogens is 2. The van der Waals surface area contributed by atoms with E-state index in [0.717, 1.165) is 24.3 Å². The molecule has 1 aromatic carbocycles. The third-order valence-electron chi connectivity index (χ3n) is 3.02. The quantitative estimate of drug-likeness (QED) is 0.816. The number of hydrogen-bond donors (Lipinski definition) is 1. The van der Waals surface area contributed by atoms with Gasteiger partial charge in [-0.3, -0.25) is 0 Å². The van der Waals surface area contributed by atoms with E-state index in [-0.39, 0.29) is 0 Å². The van der Waals surface area contributed by atoms with E-state index in [1.165, 1.54) is 12.1 Å². The molecule has 1 N–H and O–H groups in total. The molecule has 1 nitrogen and oxygen atoms in total. The molecule has 18 heavy (non-hydrogen) atoms. The third kappa shape index (κ3) is 4.58. The topological polar surface area (TPSA) is 12.0 Å². The normalized spacial score (nSPS) is 14.5. The van der Waals surface area contributed by atoms with Crippen LogP contribution in [0.3, 0.4) is 0 Å². The lowest BCUT2D eigenvalue weighted by Gasteiger charge is -2.24. The van der Waals surface area contributed by atoms with E-state index in [2.05, 4.69) is 25.4 Å². The molecule has 0 saturated heterocycles. The van der Waals surface area contributed by atoms with Crippen molar-refractivity contribution in [2.75, 3.05) is 18.6 Å². The van der Waals surface area contributed by atoms with E-state index < -0.39 is 11.6 Å². The molecule has 102 valence electrons. The molecule has 4 heteroatoms. The van der Waals surface area contributed by atoms with Gasteiger partial charge in [-0.25, -0.2) is 8.78 Å².